The van der Waals surface area contributed by atoms with E-state index in [4.69, 9.17) is 21.4 Å². The molecule has 0 saturated carbocycles. The second-order valence-electron chi connectivity index (χ2n) is 2.82. The number of carboxylic acid groups (broad SMARTS) is 1. The standard InChI is InChI=1S/C9H10ClNO3/c1-5-3-7(10)11-6(4-14-2)8(5)9(12)13/h3H,4H2,1-2H3,(H,12,13). The molecule has 1 aromatic heterocycles. The lowest BCUT2D eigenvalue weighted by Crippen LogP contribution is -2.08. The number of ether oxygens (including phenoxy) is 1. The number of halogens is 1. The zero-order chi connectivity index (χ0) is 10.7. The minimum Gasteiger partial charge on any atom is -0.478 e. The minimum atomic E-state index is -1.02. The summed E-state index contributed by atoms with van der Waals surface area (Å²) >= 11 is 5.70. The molecule has 0 atom stereocenters. The van der Waals surface area contributed by atoms with E-state index < -0.39 is 5.97 Å². The first kappa shape index (κ1) is 10.9. The number of aryl methyl sites for hydroxylation is 1. The molecular weight excluding hydrogens is 206 g/mol. The molecular formula is C9H10ClNO3. The number of hydrogen-bond acceptors (Lipinski definition) is 3. The molecule has 0 saturated heterocycles. The average molecular weight is 216 g/mol. The summed E-state index contributed by atoms with van der Waals surface area (Å²) in [6.07, 6.45) is 0. The highest BCUT2D eigenvalue weighted by molar-refractivity contribution is 6.29. The van der Waals surface area contributed by atoms with Crippen LogP contribution in [0.1, 0.15) is 21.6 Å². The van der Waals surface area contributed by atoms with Gasteiger partial charge in [0.25, 0.3) is 0 Å². The van der Waals surface area contributed by atoms with Gasteiger partial charge in [-0.25, -0.2) is 9.78 Å². The predicted octanol–water partition coefficient (Wildman–Crippen LogP) is 1.89. The van der Waals surface area contributed by atoms with Crippen molar-refractivity contribution in [3.05, 3.63) is 28.0 Å². The first-order valence-electron chi connectivity index (χ1n) is 3.94. The lowest BCUT2D eigenvalue weighted by Gasteiger charge is -2.07. The molecule has 0 radical (unpaired) electrons. The fourth-order valence-corrected chi connectivity index (χ4v) is 1.49. The molecule has 0 spiro atoms. The van der Waals surface area contributed by atoms with E-state index >= 15 is 0 Å². The SMILES string of the molecule is COCc1nc(Cl)cc(C)c1C(=O)O. The molecule has 0 aliphatic heterocycles. The smallest absolute Gasteiger partial charge is 0.337 e. The quantitative estimate of drug-likeness (QED) is 0.783. The predicted molar refractivity (Wildman–Crippen MR) is 51.7 cm³/mol. The van der Waals surface area contributed by atoms with Gasteiger partial charge in [-0.2, -0.15) is 0 Å². The molecule has 1 aromatic rings. The maximum absolute atomic E-state index is 10.9. The van der Waals surface area contributed by atoms with Crippen LogP contribution in [-0.2, 0) is 11.3 Å². The van der Waals surface area contributed by atoms with Crippen molar-refractivity contribution in [2.45, 2.75) is 13.5 Å². The monoisotopic (exact) mass is 215 g/mol. The normalized spacial score (nSPS) is 10.2. The molecule has 0 bridgehead atoms. The van der Waals surface area contributed by atoms with Crippen LogP contribution in [0, 0.1) is 6.92 Å². The van der Waals surface area contributed by atoms with E-state index in [2.05, 4.69) is 4.98 Å². The highest BCUT2D eigenvalue weighted by Crippen LogP contribution is 2.17. The Morgan fingerprint density at radius 2 is 2.36 bits per heavy atom. The van der Waals surface area contributed by atoms with E-state index in [-0.39, 0.29) is 17.3 Å². The Morgan fingerprint density at radius 3 is 2.86 bits per heavy atom. The zero-order valence-electron chi connectivity index (χ0n) is 7.87. The van der Waals surface area contributed by atoms with Gasteiger partial charge in [0.1, 0.15) is 5.15 Å². The highest BCUT2D eigenvalue weighted by atomic mass is 35.5. The van der Waals surface area contributed by atoms with Crippen molar-refractivity contribution in [2.24, 2.45) is 0 Å². The molecule has 4 nitrogen and oxygen atoms in total. The maximum Gasteiger partial charge on any atom is 0.337 e. The van der Waals surface area contributed by atoms with Crippen molar-refractivity contribution in [3.8, 4) is 0 Å². The fourth-order valence-electron chi connectivity index (χ4n) is 1.23. The molecule has 0 unspecified atom stereocenters. The summed E-state index contributed by atoms with van der Waals surface area (Å²) in [5.41, 5.74) is 1.10. The first-order chi connectivity index (χ1) is 6.56. The van der Waals surface area contributed by atoms with Crippen LogP contribution in [0.3, 0.4) is 0 Å². The van der Waals surface area contributed by atoms with Gasteiger partial charge in [-0.05, 0) is 18.6 Å². The van der Waals surface area contributed by atoms with Crippen LogP contribution in [0.2, 0.25) is 5.15 Å². The van der Waals surface area contributed by atoms with E-state index in [0.29, 0.717) is 11.3 Å². The number of carboxylic acids is 1. The Hall–Kier alpha value is -1.13. The van der Waals surface area contributed by atoms with Crippen LogP contribution in [0.5, 0.6) is 0 Å². The number of carbonyl (C=O) groups is 1. The van der Waals surface area contributed by atoms with E-state index in [1.165, 1.54) is 13.2 Å². The second kappa shape index (κ2) is 4.39. The third kappa shape index (κ3) is 2.21. The molecule has 5 heteroatoms. The molecule has 1 heterocycles. The molecule has 1 rings (SSSR count). The number of nitrogens with zero attached hydrogens (tertiary/aromatic N) is 1. The molecule has 0 amide bonds. The number of hydrogen-bond donors (Lipinski definition) is 1. The van der Waals surface area contributed by atoms with Gasteiger partial charge in [0, 0.05) is 7.11 Å². The number of methoxy groups -OCH3 is 1. The Bertz CT molecular complexity index is 365. The van der Waals surface area contributed by atoms with Crippen LogP contribution >= 0.6 is 11.6 Å². The van der Waals surface area contributed by atoms with Gasteiger partial charge >= 0.3 is 5.97 Å². The number of aromatic carboxylic acids is 1. The second-order valence-corrected chi connectivity index (χ2v) is 3.21. The average Bonchev–Trinajstić information content (AvgIpc) is 2.01. The lowest BCUT2D eigenvalue weighted by atomic mass is 10.1. The number of aromatic nitrogens is 1. The van der Waals surface area contributed by atoms with E-state index in [1.807, 2.05) is 0 Å². The zero-order valence-corrected chi connectivity index (χ0v) is 8.63. The summed E-state index contributed by atoms with van der Waals surface area (Å²) in [7, 11) is 1.48. The molecule has 0 aromatic carbocycles. The van der Waals surface area contributed by atoms with E-state index in [9.17, 15) is 4.79 Å². The highest BCUT2D eigenvalue weighted by Gasteiger charge is 2.15. The van der Waals surface area contributed by atoms with Gasteiger partial charge in [-0.3, -0.25) is 0 Å². The van der Waals surface area contributed by atoms with Crippen molar-refractivity contribution >= 4 is 17.6 Å². The number of rotatable bonds is 3. The van der Waals surface area contributed by atoms with Gasteiger partial charge in [0.15, 0.2) is 0 Å². The Morgan fingerprint density at radius 1 is 1.71 bits per heavy atom. The van der Waals surface area contributed by atoms with Crippen molar-refractivity contribution < 1.29 is 14.6 Å². The summed E-state index contributed by atoms with van der Waals surface area (Å²) in [6.45, 7) is 1.82. The van der Waals surface area contributed by atoms with Crippen molar-refractivity contribution in [3.63, 3.8) is 0 Å². The number of pyridine rings is 1. The van der Waals surface area contributed by atoms with Crippen molar-refractivity contribution in [1.82, 2.24) is 4.98 Å². The summed E-state index contributed by atoms with van der Waals surface area (Å²) in [6, 6.07) is 1.52. The molecule has 0 aliphatic carbocycles. The van der Waals surface area contributed by atoms with Gasteiger partial charge in [-0.15, -0.1) is 0 Å². The molecule has 14 heavy (non-hydrogen) atoms. The van der Waals surface area contributed by atoms with Gasteiger partial charge in [-0.1, -0.05) is 11.6 Å². The Balaban J connectivity index is 3.28. The third-order valence-electron chi connectivity index (χ3n) is 1.76. The van der Waals surface area contributed by atoms with Crippen LogP contribution < -0.4 is 0 Å². The van der Waals surface area contributed by atoms with E-state index in [1.54, 1.807) is 6.92 Å². The minimum absolute atomic E-state index is 0.142. The Labute approximate surface area is 86.5 Å². The van der Waals surface area contributed by atoms with Crippen LogP contribution in [0.15, 0.2) is 6.07 Å². The summed E-state index contributed by atoms with van der Waals surface area (Å²) in [4.78, 5) is 14.8. The largest absolute Gasteiger partial charge is 0.478 e. The Kier molecular flexibility index (Phi) is 3.43. The fraction of sp³-hybridized carbons (Fsp3) is 0.333. The topological polar surface area (TPSA) is 59.4 Å². The van der Waals surface area contributed by atoms with Gasteiger partial charge in [0.2, 0.25) is 0 Å². The summed E-state index contributed by atoms with van der Waals surface area (Å²) in [5, 5.41) is 9.20. The first-order valence-corrected chi connectivity index (χ1v) is 4.32. The molecule has 0 aliphatic rings. The van der Waals surface area contributed by atoms with Crippen molar-refractivity contribution in [1.29, 1.82) is 0 Å². The van der Waals surface area contributed by atoms with E-state index in [0.717, 1.165) is 0 Å². The summed E-state index contributed by atoms with van der Waals surface area (Å²) in [5.74, 6) is -1.02. The van der Waals surface area contributed by atoms with Crippen LogP contribution in [0.4, 0.5) is 0 Å². The van der Waals surface area contributed by atoms with Gasteiger partial charge in [0.05, 0.1) is 17.9 Å². The maximum atomic E-state index is 10.9. The molecule has 76 valence electrons. The molecule has 0 fully saturated rings. The van der Waals surface area contributed by atoms with Crippen molar-refractivity contribution in [2.75, 3.05) is 7.11 Å². The van der Waals surface area contributed by atoms with Crippen LogP contribution in [-0.4, -0.2) is 23.2 Å². The lowest BCUT2D eigenvalue weighted by molar-refractivity contribution is 0.0690. The van der Waals surface area contributed by atoms with Gasteiger partial charge < -0.3 is 9.84 Å². The summed E-state index contributed by atoms with van der Waals surface area (Å²) < 4.78 is 4.84. The van der Waals surface area contributed by atoms with Crippen LogP contribution in [0.25, 0.3) is 0 Å². The third-order valence-corrected chi connectivity index (χ3v) is 1.95. The molecule has 1 N–H and O–H groups in total.